The van der Waals surface area contributed by atoms with Crippen molar-refractivity contribution in [1.29, 1.82) is 0 Å². The predicted molar refractivity (Wildman–Crippen MR) is 92.0 cm³/mol. The Bertz CT molecular complexity index is 998. The molecule has 2 unspecified atom stereocenters. The van der Waals surface area contributed by atoms with Gasteiger partial charge in [0.05, 0.1) is 11.6 Å². The molecule has 3 aromatic rings. The third-order valence-corrected chi connectivity index (χ3v) is 4.53. The highest BCUT2D eigenvalue weighted by molar-refractivity contribution is 5.75. The van der Waals surface area contributed by atoms with Gasteiger partial charge in [0, 0.05) is 5.56 Å². The summed E-state index contributed by atoms with van der Waals surface area (Å²) >= 11 is 0. The first-order chi connectivity index (χ1) is 13.3. The number of halogens is 3. The van der Waals surface area contributed by atoms with Gasteiger partial charge in [0.2, 0.25) is 0 Å². The van der Waals surface area contributed by atoms with E-state index in [9.17, 15) is 18.0 Å². The van der Waals surface area contributed by atoms with Crippen LogP contribution in [0.3, 0.4) is 0 Å². The van der Waals surface area contributed by atoms with Gasteiger partial charge in [0.15, 0.2) is 5.82 Å². The summed E-state index contributed by atoms with van der Waals surface area (Å²) in [5.41, 5.74) is 2.26. The smallest absolute Gasteiger partial charge is 0.481 e. The Morgan fingerprint density at radius 2 is 1.79 bits per heavy atom. The second-order valence-electron chi connectivity index (χ2n) is 6.46. The minimum Gasteiger partial charge on any atom is -0.481 e. The third kappa shape index (κ3) is 3.83. The monoisotopic (exact) mass is 389 g/mol. The van der Waals surface area contributed by atoms with Crippen LogP contribution in [0.25, 0.3) is 17.1 Å². The zero-order valence-electron chi connectivity index (χ0n) is 14.3. The molecule has 1 aliphatic carbocycles. The first-order valence-corrected chi connectivity index (χ1v) is 8.41. The van der Waals surface area contributed by atoms with Crippen LogP contribution >= 0.6 is 0 Å². The van der Waals surface area contributed by atoms with Gasteiger partial charge in [-0.3, -0.25) is 4.79 Å². The van der Waals surface area contributed by atoms with Gasteiger partial charge in [-0.25, -0.2) is 9.67 Å². The van der Waals surface area contributed by atoms with Crippen LogP contribution in [0, 0.1) is 5.92 Å². The van der Waals surface area contributed by atoms with Crippen LogP contribution in [0.15, 0.2) is 54.9 Å². The van der Waals surface area contributed by atoms with Gasteiger partial charge in [-0.1, -0.05) is 24.3 Å². The molecule has 28 heavy (non-hydrogen) atoms. The summed E-state index contributed by atoms with van der Waals surface area (Å²) in [5.74, 6) is -0.900. The van der Waals surface area contributed by atoms with Gasteiger partial charge in [0.1, 0.15) is 12.1 Å². The molecular formula is C19H14F3N3O3. The zero-order chi connectivity index (χ0) is 19.9. The van der Waals surface area contributed by atoms with E-state index in [0.29, 0.717) is 17.9 Å². The summed E-state index contributed by atoms with van der Waals surface area (Å²) in [4.78, 5) is 15.2. The second kappa shape index (κ2) is 6.66. The van der Waals surface area contributed by atoms with Crippen molar-refractivity contribution < 1.29 is 27.8 Å². The molecule has 0 spiro atoms. The van der Waals surface area contributed by atoms with E-state index in [1.165, 1.54) is 35.3 Å². The summed E-state index contributed by atoms with van der Waals surface area (Å²) in [5, 5.41) is 13.4. The molecule has 0 aliphatic heterocycles. The van der Waals surface area contributed by atoms with Crippen LogP contribution in [0.5, 0.6) is 5.75 Å². The summed E-state index contributed by atoms with van der Waals surface area (Å²) in [7, 11) is 0. The maximum Gasteiger partial charge on any atom is 0.573 e. The van der Waals surface area contributed by atoms with Crippen LogP contribution in [0.2, 0.25) is 0 Å². The van der Waals surface area contributed by atoms with E-state index in [1.807, 2.05) is 24.3 Å². The second-order valence-corrected chi connectivity index (χ2v) is 6.46. The Hall–Kier alpha value is -3.36. The summed E-state index contributed by atoms with van der Waals surface area (Å²) in [6.07, 6.45) is -2.63. The molecule has 0 bridgehead atoms. The number of carbonyl (C=O) groups is 1. The Kier molecular flexibility index (Phi) is 4.29. The summed E-state index contributed by atoms with van der Waals surface area (Å²) in [6, 6.07) is 12.7. The Balaban J connectivity index is 1.48. The molecule has 4 rings (SSSR count). The number of carboxylic acid groups (broad SMARTS) is 1. The van der Waals surface area contributed by atoms with Crippen molar-refractivity contribution in [2.24, 2.45) is 5.92 Å². The van der Waals surface area contributed by atoms with Gasteiger partial charge in [-0.2, -0.15) is 0 Å². The fourth-order valence-electron chi connectivity index (χ4n) is 3.04. The topological polar surface area (TPSA) is 77.2 Å². The first kappa shape index (κ1) is 18.0. The van der Waals surface area contributed by atoms with E-state index in [4.69, 9.17) is 5.11 Å². The molecule has 0 amide bonds. The Labute approximate surface area is 157 Å². The van der Waals surface area contributed by atoms with Gasteiger partial charge < -0.3 is 9.84 Å². The molecular weight excluding hydrogens is 375 g/mol. The first-order valence-electron chi connectivity index (χ1n) is 8.41. The minimum absolute atomic E-state index is 0.0505. The maximum absolute atomic E-state index is 12.2. The average Bonchev–Trinajstić information content (AvgIpc) is 3.31. The van der Waals surface area contributed by atoms with E-state index in [1.54, 1.807) is 0 Å². The van der Waals surface area contributed by atoms with Crippen LogP contribution in [-0.4, -0.2) is 32.2 Å². The molecule has 1 N–H and O–H groups in total. The molecule has 1 aromatic heterocycles. The van der Waals surface area contributed by atoms with Crippen molar-refractivity contribution >= 4 is 5.97 Å². The SMILES string of the molecule is O=C(O)C1CC1c1ccc(-c2ncn(-c3ccc(OC(F)(F)F)cc3)n2)cc1. The number of aromatic nitrogens is 3. The molecule has 1 saturated carbocycles. The third-order valence-electron chi connectivity index (χ3n) is 4.53. The fraction of sp³-hybridized carbons (Fsp3) is 0.211. The molecule has 1 fully saturated rings. The van der Waals surface area contributed by atoms with E-state index < -0.39 is 12.3 Å². The Morgan fingerprint density at radius 3 is 2.36 bits per heavy atom. The normalized spacial score (nSPS) is 18.7. The number of carboxylic acids is 1. The lowest BCUT2D eigenvalue weighted by Crippen LogP contribution is -2.17. The number of hydrogen-bond donors (Lipinski definition) is 1. The average molecular weight is 389 g/mol. The van der Waals surface area contributed by atoms with Crippen molar-refractivity contribution in [2.75, 3.05) is 0 Å². The van der Waals surface area contributed by atoms with Crippen molar-refractivity contribution in [3.05, 3.63) is 60.4 Å². The molecule has 2 aromatic carbocycles. The lowest BCUT2D eigenvalue weighted by atomic mass is 10.1. The molecule has 9 heteroatoms. The molecule has 0 radical (unpaired) electrons. The van der Waals surface area contributed by atoms with Gasteiger partial charge in [0.25, 0.3) is 0 Å². The van der Waals surface area contributed by atoms with Crippen LogP contribution in [0.4, 0.5) is 13.2 Å². The van der Waals surface area contributed by atoms with Crippen LogP contribution in [0.1, 0.15) is 17.9 Å². The van der Waals surface area contributed by atoms with Gasteiger partial charge >= 0.3 is 12.3 Å². The molecule has 1 heterocycles. The molecule has 2 atom stereocenters. The van der Waals surface area contributed by atoms with Crippen molar-refractivity contribution in [3.8, 4) is 22.8 Å². The number of hydrogen-bond acceptors (Lipinski definition) is 4. The van der Waals surface area contributed by atoms with Gasteiger partial charge in [-0.05, 0) is 42.2 Å². The highest BCUT2D eigenvalue weighted by atomic mass is 19.4. The number of benzene rings is 2. The van der Waals surface area contributed by atoms with Crippen molar-refractivity contribution in [1.82, 2.24) is 14.8 Å². The van der Waals surface area contributed by atoms with Crippen LogP contribution in [-0.2, 0) is 4.79 Å². The lowest BCUT2D eigenvalue weighted by Gasteiger charge is -2.09. The predicted octanol–water partition coefficient (Wildman–Crippen LogP) is 4.02. The standard InChI is InChI=1S/C19H14F3N3O3/c20-19(21,22)28-14-7-5-13(6-8-14)25-10-23-17(24-25)12-3-1-11(2-4-12)15-9-16(15)18(26)27/h1-8,10,15-16H,9H2,(H,26,27). The van der Waals surface area contributed by atoms with E-state index >= 15 is 0 Å². The summed E-state index contributed by atoms with van der Waals surface area (Å²) < 4.78 is 41.9. The van der Waals surface area contributed by atoms with E-state index in [0.717, 1.165) is 11.1 Å². The Morgan fingerprint density at radius 1 is 1.11 bits per heavy atom. The van der Waals surface area contributed by atoms with E-state index in [2.05, 4.69) is 14.8 Å². The number of nitrogens with zero attached hydrogens (tertiary/aromatic N) is 3. The molecule has 1 aliphatic rings. The highest BCUT2D eigenvalue weighted by Gasteiger charge is 2.44. The largest absolute Gasteiger partial charge is 0.573 e. The van der Waals surface area contributed by atoms with Crippen molar-refractivity contribution in [2.45, 2.75) is 18.7 Å². The summed E-state index contributed by atoms with van der Waals surface area (Å²) in [6.45, 7) is 0. The highest BCUT2D eigenvalue weighted by Crippen LogP contribution is 2.47. The molecule has 6 nitrogen and oxygen atoms in total. The number of alkyl halides is 3. The van der Waals surface area contributed by atoms with E-state index in [-0.39, 0.29) is 17.6 Å². The molecule has 0 saturated heterocycles. The van der Waals surface area contributed by atoms with Gasteiger partial charge in [-0.15, -0.1) is 18.3 Å². The maximum atomic E-state index is 12.2. The fourth-order valence-corrected chi connectivity index (χ4v) is 3.04. The number of rotatable bonds is 5. The van der Waals surface area contributed by atoms with Crippen molar-refractivity contribution in [3.63, 3.8) is 0 Å². The zero-order valence-corrected chi connectivity index (χ0v) is 14.3. The minimum atomic E-state index is -4.74. The number of ether oxygens (including phenoxy) is 1. The quantitative estimate of drug-likeness (QED) is 0.713. The lowest BCUT2D eigenvalue weighted by molar-refractivity contribution is -0.274. The van der Waals surface area contributed by atoms with Crippen LogP contribution < -0.4 is 4.74 Å². The number of aliphatic carboxylic acids is 1. The molecule has 144 valence electrons.